The third kappa shape index (κ3) is 4.26. The maximum atomic E-state index is 12.4. The Hall–Kier alpha value is -1.44. The molecule has 21 heavy (non-hydrogen) atoms. The first-order chi connectivity index (χ1) is 10.0. The van der Waals surface area contributed by atoms with E-state index in [1.165, 1.54) is 0 Å². The van der Waals surface area contributed by atoms with Crippen LogP contribution in [0, 0.1) is 0 Å². The van der Waals surface area contributed by atoms with Crippen molar-refractivity contribution < 1.29 is 8.42 Å². The first-order valence-corrected chi connectivity index (χ1v) is 8.73. The van der Waals surface area contributed by atoms with E-state index in [1.54, 1.807) is 12.3 Å². The highest BCUT2D eigenvalue weighted by atomic mass is 79.9. The van der Waals surface area contributed by atoms with Crippen LogP contribution in [-0.4, -0.2) is 19.9 Å². The third-order valence-electron chi connectivity index (χ3n) is 2.76. The number of hydrogen-bond donors (Lipinski definition) is 2. The number of nitrogens with zero attached hydrogens (tertiary/aromatic N) is 1. The summed E-state index contributed by atoms with van der Waals surface area (Å²) >= 11 is 3.25. The summed E-state index contributed by atoms with van der Waals surface area (Å²) in [5.74, 6) is 0.348. The molecule has 0 spiro atoms. The molecule has 1 heterocycles. The lowest BCUT2D eigenvalue weighted by molar-refractivity contribution is 0.581. The Morgan fingerprint density at radius 3 is 2.62 bits per heavy atom. The van der Waals surface area contributed by atoms with Crippen LogP contribution in [0.25, 0.3) is 0 Å². The molecular weight excluding hydrogens is 354 g/mol. The van der Waals surface area contributed by atoms with Gasteiger partial charge in [-0.1, -0.05) is 30.3 Å². The fourth-order valence-electron chi connectivity index (χ4n) is 1.78. The van der Waals surface area contributed by atoms with Gasteiger partial charge in [0, 0.05) is 23.8 Å². The monoisotopic (exact) mass is 369 g/mol. The van der Waals surface area contributed by atoms with Gasteiger partial charge in [-0.05, 0) is 34.5 Å². The Bertz CT molecular complexity index is 705. The Balaban J connectivity index is 2.24. The van der Waals surface area contributed by atoms with Gasteiger partial charge < -0.3 is 5.32 Å². The van der Waals surface area contributed by atoms with Gasteiger partial charge in [0.05, 0.1) is 0 Å². The number of hydrogen-bond acceptors (Lipinski definition) is 4. The molecule has 5 nitrogen and oxygen atoms in total. The molecule has 0 fully saturated rings. The molecule has 1 aromatic carbocycles. The Labute approximate surface area is 133 Å². The average molecular weight is 370 g/mol. The highest BCUT2D eigenvalue weighted by Gasteiger charge is 2.19. The fourth-order valence-corrected chi connectivity index (χ4v) is 3.43. The Morgan fingerprint density at radius 1 is 1.24 bits per heavy atom. The van der Waals surface area contributed by atoms with Gasteiger partial charge in [0.15, 0.2) is 0 Å². The van der Waals surface area contributed by atoms with Gasteiger partial charge >= 0.3 is 0 Å². The molecule has 7 heteroatoms. The van der Waals surface area contributed by atoms with E-state index < -0.39 is 10.0 Å². The molecule has 112 valence electrons. The van der Waals surface area contributed by atoms with Gasteiger partial charge in [-0.3, -0.25) is 0 Å². The minimum absolute atomic E-state index is 0.134. The van der Waals surface area contributed by atoms with Crippen LogP contribution < -0.4 is 10.0 Å². The molecule has 2 aromatic rings. The summed E-state index contributed by atoms with van der Waals surface area (Å²) in [5, 5.41) is 2.96. The van der Waals surface area contributed by atoms with Gasteiger partial charge in [-0.25, -0.2) is 18.1 Å². The lowest BCUT2D eigenvalue weighted by Crippen LogP contribution is -2.24. The number of aromatic nitrogens is 1. The number of pyridine rings is 1. The van der Waals surface area contributed by atoms with Gasteiger partial charge in [-0.15, -0.1) is 0 Å². The van der Waals surface area contributed by atoms with Gasteiger partial charge in [0.2, 0.25) is 10.0 Å². The molecule has 0 amide bonds. The van der Waals surface area contributed by atoms with E-state index >= 15 is 0 Å². The molecule has 0 radical (unpaired) electrons. The van der Waals surface area contributed by atoms with Crippen molar-refractivity contribution in [3.63, 3.8) is 0 Å². The zero-order valence-electron chi connectivity index (χ0n) is 11.5. The quantitative estimate of drug-likeness (QED) is 0.820. The van der Waals surface area contributed by atoms with E-state index in [9.17, 15) is 8.42 Å². The van der Waals surface area contributed by atoms with E-state index in [2.05, 4.69) is 31.0 Å². The van der Waals surface area contributed by atoms with Crippen LogP contribution in [0.2, 0.25) is 0 Å². The first kappa shape index (κ1) is 15.9. The molecule has 0 aliphatic rings. The minimum atomic E-state index is -3.64. The Morgan fingerprint density at radius 2 is 1.95 bits per heavy atom. The molecule has 0 bridgehead atoms. The maximum absolute atomic E-state index is 12.4. The molecule has 0 atom stereocenters. The van der Waals surface area contributed by atoms with E-state index in [1.807, 2.05) is 37.3 Å². The SMILES string of the molecule is CCNc1ncc(Br)cc1S(=O)(=O)NCc1ccccc1. The number of nitrogens with one attached hydrogen (secondary N) is 2. The molecular formula is C14H16BrN3O2S. The van der Waals surface area contributed by atoms with Crippen molar-refractivity contribution in [2.75, 3.05) is 11.9 Å². The topological polar surface area (TPSA) is 71.1 Å². The van der Waals surface area contributed by atoms with E-state index in [0.717, 1.165) is 5.56 Å². The van der Waals surface area contributed by atoms with Gasteiger partial charge in [0.1, 0.15) is 10.7 Å². The highest BCUT2D eigenvalue weighted by molar-refractivity contribution is 9.10. The van der Waals surface area contributed by atoms with E-state index in [-0.39, 0.29) is 11.4 Å². The van der Waals surface area contributed by atoms with Crippen LogP contribution in [-0.2, 0) is 16.6 Å². The summed E-state index contributed by atoms with van der Waals surface area (Å²) in [4.78, 5) is 4.25. The highest BCUT2D eigenvalue weighted by Crippen LogP contribution is 2.22. The predicted octanol–water partition coefficient (Wildman–Crippen LogP) is 2.75. The van der Waals surface area contributed by atoms with Gasteiger partial charge in [-0.2, -0.15) is 0 Å². The number of benzene rings is 1. The van der Waals surface area contributed by atoms with Crippen LogP contribution in [0.15, 0.2) is 52.0 Å². The van der Waals surface area contributed by atoms with Crippen LogP contribution in [0.1, 0.15) is 12.5 Å². The molecule has 0 saturated heterocycles. The molecule has 1 aromatic heterocycles. The van der Waals surface area contributed by atoms with Gasteiger partial charge in [0.25, 0.3) is 0 Å². The fraction of sp³-hybridized carbons (Fsp3) is 0.214. The van der Waals surface area contributed by atoms with Crippen molar-refractivity contribution in [3.8, 4) is 0 Å². The predicted molar refractivity (Wildman–Crippen MR) is 86.6 cm³/mol. The molecule has 0 aliphatic heterocycles. The number of anilines is 1. The maximum Gasteiger partial charge on any atom is 0.244 e. The summed E-state index contributed by atoms with van der Waals surface area (Å²) < 4.78 is 28.1. The average Bonchev–Trinajstić information content (AvgIpc) is 2.48. The summed E-state index contributed by atoms with van der Waals surface area (Å²) in [6.07, 6.45) is 1.56. The second kappa shape index (κ2) is 7.02. The zero-order chi connectivity index (χ0) is 15.3. The van der Waals surface area contributed by atoms with Crippen molar-refractivity contribution in [1.29, 1.82) is 0 Å². The van der Waals surface area contributed by atoms with E-state index in [0.29, 0.717) is 16.8 Å². The molecule has 0 unspecified atom stereocenters. The summed E-state index contributed by atoms with van der Waals surface area (Å²) in [6.45, 7) is 2.72. The van der Waals surface area contributed by atoms with Crippen molar-refractivity contribution in [2.45, 2.75) is 18.4 Å². The van der Waals surface area contributed by atoms with Crippen molar-refractivity contribution in [1.82, 2.24) is 9.71 Å². The van der Waals surface area contributed by atoms with Crippen molar-refractivity contribution in [2.24, 2.45) is 0 Å². The lowest BCUT2D eigenvalue weighted by atomic mass is 10.2. The number of rotatable bonds is 6. The third-order valence-corrected chi connectivity index (χ3v) is 4.61. The molecule has 2 rings (SSSR count). The van der Waals surface area contributed by atoms with Crippen molar-refractivity contribution in [3.05, 3.63) is 52.6 Å². The first-order valence-electron chi connectivity index (χ1n) is 6.46. The molecule has 0 saturated carbocycles. The minimum Gasteiger partial charge on any atom is -0.369 e. The normalized spacial score (nSPS) is 11.3. The molecule has 2 N–H and O–H groups in total. The van der Waals surface area contributed by atoms with E-state index in [4.69, 9.17) is 0 Å². The summed E-state index contributed by atoms with van der Waals surface area (Å²) in [7, 11) is -3.64. The largest absolute Gasteiger partial charge is 0.369 e. The van der Waals surface area contributed by atoms with Crippen LogP contribution in [0.5, 0.6) is 0 Å². The summed E-state index contributed by atoms with van der Waals surface area (Å²) in [5.41, 5.74) is 0.897. The standard InChI is InChI=1S/C14H16BrN3O2S/c1-2-16-14-13(8-12(15)10-17-14)21(19,20)18-9-11-6-4-3-5-7-11/h3-8,10,18H,2,9H2,1H3,(H,16,17). The van der Waals surface area contributed by atoms with Crippen LogP contribution in [0.3, 0.4) is 0 Å². The number of sulfonamides is 1. The van der Waals surface area contributed by atoms with Crippen LogP contribution in [0.4, 0.5) is 5.82 Å². The van der Waals surface area contributed by atoms with Crippen molar-refractivity contribution >= 4 is 31.8 Å². The Kier molecular flexibility index (Phi) is 5.33. The smallest absolute Gasteiger partial charge is 0.244 e. The zero-order valence-corrected chi connectivity index (χ0v) is 13.9. The second-order valence-corrected chi connectivity index (χ2v) is 6.99. The van der Waals surface area contributed by atoms with Crippen LogP contribution >= 0.6 is 15.9 Å². The number of halogens is 1. The lowest BCUT2D eigenvalue weighted by Gasteiger charge is -2.12. The summed E-state index contributed by atoms with van der Waals surface area (Å²) in [6, 6.07) is 10.9. The molecule has 0 aliphatic carbocycles. The second-order valence-electron chi connectivity index (χ2n) is 4.34.